The molecular weight excluding hydrogens is 400 g/mol. The van der Waals surface area contributed by atoms with E-state index in [0.29, 0.717) is 43.5 Å². The van der Waals surface area contributed by atoms with E-state index in [0.717, 1.165) is 5.56 Å². The first-order chi connectivity index (χ1) is 15.0. The number of benzene rings is 2. The number of amides is 1. The molecule has 8 nitrogen and oxygen atoms in total. The number of hydrogen-bond donors (Lipinski definition) is 1. The third-order valence-corrected chi connectivity index (χ3v) is 4.97. The Hall–Kier alpha value is -3.39. The van der Waals surface area contributed by atoms with E-state index in [1.807, 2.05) is 30.3 Å². The molecule has 2 aromatic rings. The number of esters is 1. The SMILES string of the molecule is NC(C=O)c1ccc(OCC(=O)OC2CCN(C(=O)OCc3ccccc3)CC2)cc1. The Labute approximate surface area is 180 Å². The second-order valence-electron chi connectivity index (χ2n) is 7.24. The maximum absolute atomic E-state index is 12.2. The van der Waals surface area contributed by atoms with Crippen LogP contribution in [0.4, 0.5) is 4.79 Å². The third-order valence-electron chi connectivity index (χ3n) is 4.97. The standard InChI is InChI=1S/C23H26N2O6/c24-21(14-26)18-6-8-19(9-7-18)29-16-22(27)31-20-10-12-25(13-11-20)23(28)30-15-17-4-2-1-3-5-17/h1-9,14,20-21H,10-13,15-16,24H2. The predicted octanol–water partition coefficient (Wildman–Crippen LogP) is 2.61. The summed E-state index contributed by atoms with van der Waals surface area (Å²) in [6.45, 7) is 0.933. The van der Waals surface area contributed by atoms with Crippen molar-refractivity contribution < 1.29 is 28.6 Å². The van der Waals surface area contributed by atoms with Crippen LogP contribution in [0.25, 0.3) is 0 Å². The Morgan fingerprint density at radius 1 is 1.06 bits per heavy atom. The fraction of sp³-hybridized carbons (Fsp3) is 0.348. The van der Waals surface area contributed by atoms with Gasteiger partial charge in [0.25, 0.3) is 0 Å². The zero-order valence-electron chi connectivity index (χ0n) is 17.1. The van der Waals surface area contributed by atoms with Gasteiger partial charge in [-0.25, -0.2) is 9.59 Å². The van der Waals surface area contributed by atoms with Crippen molar-refractivity contribution in [2.45, 2.75) is 31.6 Å². The molecule has 0 spiro atoms. The maximum Gasteiger partial charge on any atom is 0.410 e. The van der Waals surface area contributed by atoms with Crippen molar-refractivity contribution in [3.8, 4) is 5.75 Å². The molecule has 1 saturated heterocycles. The number of nitrogens with two attached hydrogens (primary N) is 1. The predicted molar refractivity (Wildman–Crippen MR) is 112 cm³/mol. The number of carbonyl (C=O) groups is 3. The van der Waals surface area contributed by atoms with E-state index in [4.69, 9.17) is 19.9 Å². The molecule has 2 N–H and O–H groups in total. The fourth-order valence-electron chi connectivity index (χ4n) is 3.19. The molecule has 1 atom stereocenters. The first kappa shape index (κ1) is 22.3. The molecule has 1 heterocycles. The van der Waals surface area contributed by atoms with Gasteiger partial charge in [0.1, 0.15) is 24.7 Å². The number of aldehydes is 1. The summed E-state index contributed by atoms with van der Waals surface area (Å²) in [5, 5.41) is 0. The minimum absolute atomic E-state index is 0.224. The van der Waals surface area contributed by atoms with Crippen LogP contribution in [-0.4, -0.2) is 49.0 Å². The van der Waals surface area contributed by atoms with Crippen LogP contribution in [0.3, 0.4) is 0 Å². The van der Waals surface area contributed by atoms with Crippen molar-refractivity contribution in [1.82, 2.24) is 4.90 Å². The number of hydrogen-bond acceptors (Lipinski definition) is 7. The van der Waals surface area contributed by atoms with Crippen LogP contribution in [0.2, 0.25) is 0 Å². The Morgan fingerprint density at radius 3 is 2.39 bits per heavy atom. The molecule has 0 radical (unpaired) electrons. The van der Waals surface area contributed by atoms with Crippen LogP contribution in [0, 0.1) is 0 Å². The van der Waals surface area contributed by atoms with E-state index in [2.05, 4.69) is 0 Å². The molecular formula is C23H26N2O6. The summed E-state index contributed by atoms with van der Waals surface area (Å²) in [7, 11) is 0. The van der Waals surface area contributed by atoms with Gasteiger partial charge in [0.15, 0.2) is 6.61 Å². The number of nitrogens with zero attached hydrogens (tertiary/aromatic N) is 1. The molecule has 1 fully saturated rings. The summed E-state index contributed by atoms with van der Waals surface area (Å²) < 4.78 is 16.2. The first-order valence-corrected chi connectivity index (χ1v) is 10.1. The molecule has 3 rings (SSSR count). The second kappa shape index (κ2) is 11.1. The largest absolute Gasteiger partial charge is 0.482 e. The lowest BCUT2D eigenvalue weighted by Crippen LogP contribution is -2.42. The van der Waals surface area contributed by atoms with E-state index in [1.165, 1.54) is 0 Å². The Bertz CT molecular complexity index is 863. The number of piperidine rings is 1. The molecule has 0 aromatic heterocycles. The van der Waals surface area contributed by atoms with Crippen molar-refractivity contribution >= 4 is 18.3 Å². The number of ether oxygens (including phenoxy) is 3. The average Bonchev–Trinajstić information content (AvgIpc) is 2.82. The van der Waals surface area contributed by atoms with E-state index in [-0.39, 0.29) is 25.4 Å². The van der Waals surface area contributed by atoms with Crippen LogP contribution in [0.1, 0.15) is 30.0 Å². The van der Waals surface area contributed by atoms with Gasteiger partial charge < -0.3 is 29.6 Å². The highest BCUT2D eigenvalue weighted by Crippen LogP contribution is 2.17. The van der Waals surface area contributed by atoms with Gasteiger partial charge in [-0.1, -0.05) is 42.5 Å². The lowest BCUT2D eigenvalue weighted by atomic mass is 10.1. The summed E-state index contributed by atoms with van der Waals surface area (Å²) in [5.41, 5.74) is 7.22. The van der Waals surface area contributed by atoms with Crippen molar-refractivity contribution in [3.05, 3.63) is 65.7 Å². The van der Waals surface area contributed by atoms with Crippen molar-refractivity contribution in [3.63, 3.8) is 0 Å². The summed E-state index contributed by atoms with van der Waals surface area (Å²) in [5.74, 6) is 0.00792. The zero-order valence-corrected chi connectivity index (χ0v) is 17.1. The van der Waals surface area contributed by atoms with Crippen molar-refractivity contribution in [2.24, 2.45) is 5.73 Å². The lowest BCUT2D eigenvalue weighted by Gasteiger charge is -2.31. The Kier molecular flexibility index (Phi) is 8.00. The smallest absolute Gasteiger partial charge is 0.410 e. The minimum atomic E-state index is -0.680. The van der Waals surface area contributed by atoms with Crippen molar-refractivity contribution in [1.29, 1.82) is 0 Å². The van der Waals surface area contributed by atoms with Crippen molar-refractivity contribution in [2.75, 3.05) is 19.7 Å². The highest BCUT2D eigenvalue weighted by Gasteiger charge is 2.26. The van der Waals surface area contributed by atoms with Gasteiger partial charge in [0.05, 0.1) is 6.04 Å². The molecule has 0 bridgehead atoms. The number of rotatable bonds is 8. The summed E-state index contributed by atoms with van der Waals surface area (Å²) in [6.07, 6.45) is 1.12. The molecule has 1 aliphatic rings. The van der Waals surface area contributed by atoms with Gasteiger partial charge >= 0.3 is 12.1 Å². The molecule has 8 heteroatoms. The summed E-state index contributed by atoms with van der Waals surface area (Å²) in [4.78, 5) is 36.6. The number of likely N-dealkylation sites (tertiary alicyclic amines) is 1. The molecule has 164 valence electrons. The zero-order chi connectivity index (χ0) is 22.1. The lowest BCUT2D eigenvalue weighted by molar-refractivity contribution is -0.153. The monoisotopic (exact) mass is 426 g/mol. The topological polar surface area (TPSA) is 108 Å². The van der Waals surface area contributed by atoms with E-state index >= 15 is 0 Å². The highest BCUT2D eigenvalue weighted by atomic mass is 16.6. The molecule has 1 unspecified atom stereocenters. The highest BCUT2D eigenvalue weighted by molar-refractivity contribution is 5.71. The molecule has 1 aliphatic heterocycles. The van der Waals surface area contributed by atoms with Gasteiger partial charge in [-0.05, 0) is 23.3 Å². The summed E-state index contributed by atoms with van der Waals surface area (Å²) >= 11 is 0. The van der Waals surface area contributed by atoms with Crippen LogP contribution in [0.15, 0.2) is 54.6 Å². The van der Waals surface area contributed by atoms with E-state index < -0.39 is 12.0 Å². The third kappa shape index (κ3) is 6.82. The quantitative estimate of drug-likeness (QED) is 0.511. The molecule has 0 saturated carbocycles. The molecule has 1 amide bonds. The second-order valence-corrected chi connectivity index (χ2v) is 7.24. The molecule has 31 heavy (non-hydrogen) atoms. The van der Waals surface area contributed by atoms with Gasteiger partial charge in [-0.15, -0.1) is 0 Å². The minimum Gasteiger partial charge on any atom is -0.482 e. The van der Waals surface area contributed by atoms with Crippen LogP contribution >= 0.6 is 0 Å². The van der Waals surface area contributed by atoms with Gasteiger partial charge in [0, 0.05) is 25.9 Å². The first-order valence-electron chi connectivity index (χ1n) is 10.1. The number of carbonyl (C=O) groups excluding carboxylic acids is 3. The summed E-state index contributed by atoms with van der Waals surface area (Å²) in [6, 6.07) is 15.4. The Morgan fingerprint density at radius 2 is 1.74 bits per heavy atom. The normalized spacial score (nSPS) is 15.1. The van der Waals surface area contributed by atoms with Gasteiger partial charge in [-0.3, -0.25) is 0 Å². The fourth-order valence-corrected chi connectivity index (χ4v) is 3.19. The van der Waals surface area contributed by atoms with Gasteiger partial charge in [-0.2, -0.15) is 0 Å². The maximum atomic E-state index is 12.2. The van der Waals surface area contributed by atoms with Crippen LogP contribution in [-0.2, 0) is 25.7 Å². The molecule has 0 aliphatic carbocycles. The van der Waals surface area contributed by atoms with E-state index in [1.54, 1.807) is 29.2 Å². The van der Waals surface area contributed by atoms with Crippen LogP contribution < -0.4 is 10.5 Å². The Balaban J connectivity index is 1.35. The average molecular weight is 426 g/mol. The van der Waals surface area contributed by atoms with E-state index in [9.17, 15) is 14.4 Å². The molecule has 2 aromatic carbocycles. The van der Waals surface area contributed by atoms with Gasteiger partial charge in [0.2, 0.25) is 0 Å². The van der Waals surface area contributed by atoms with Crippen LogP contribution in [0.5, 0.6) is 5.75 Å².